The van der Waals surface area contributed by atoms with E-state index >= 15 is 0 Å². The fraction of sp³-hybridized carbons (Fsp3) is 0.304. The molecule has 33 heavy (non-hydrogen) atoms. The van der Waals surface area contributed by atoms with Gasteiger partial charge in [-0.05, 0) is 43.2 Å². The normalized spacial score (nSPS) is 15.6. The van der Waals surface area contributed by atoms with Crippen LogP contribution in [-0.2, 0) is 11.2 Å². The molecular weight excluding hydrogens is 463 g/mol. The third-order valence-corrected chi connectivity index (χ3v) is 5.65. The average Bonchev–Trinajstić information content (AvgIpc) is 3.25. The van der Waals surface area contributed by atoms with E-state index in [0.717, 1.165) is 11.1 Å². The van der Waals surface area contributed by atoms with Crippen molar-refractivity contribution in [2.45, 2.75) is 19.4 Å². The van der Waals surface area contributed by atoms with Crippen LogP contribution in [0, 0.1) is 11.5 Å². The van der Waals surface area contributed by atoms with E-state index in [1.807, 2.05) is 49.5 Å². The quantitative estimate of drug-likeness (QED) is 0.286. The van der Waals surface area contributed by atoms with E-state index in [9.17, 15) is 10.1 Å². The third-order valence-electron chi connectivity index (χ3n) is 5.14. The Kier molecular flexibility index (Phi) is 8.52. The molecule has 10 heteroatoms. The number of rotatable bonds is 6. The molecule has 3 rings (SSSR count). The van der Waals surface area contributed by atoms with Gasteiger partial charge >= 0.3 is 6.09 Å². The van der Waals surface area contributed by atoms with E-state index in [1.165, 1.54) is 7.11 Å². The summed E-state index contributed by atoms with van der Waals surface area (Å²) in [5.41, 5.74) is 2.54. The summed E-state index contributed by atoms with van der Waals surface area (Å²) in [5, 5.41) is 19.5. The number of guanidine groups is 1. The van der Waals surface area contributed by atoms with Gasteiger partial charge < -0.3 is 4.74 Å². The summed E-state index contributed by atoms with van der Waals surface area (Å²) < 4.78 is 4.97. The van der Waals surface area contributed by atoms with Crippen molar-refractivity contribution in [2.75, 3.05) is 26.7 Å². The smallest absolute Gasteiger partial charge is 0.410 e. The second-order valence-electron chi connectivity index (χ2n) is 7.16. The van der Waals surface area contributed by atoms with Crippen molar-refractivity contribution in [3.8, 4) is 6.19 Å². The lowest BCUT2D eigenvalue weighted by molar-refractivity contribution is 0.117. The number of carbonyl (C=O) groups is 1. The molecule has 1 aliphatic rings. The molecule has 2 aromatic rings. The van der Waals surface area contributed by atoms with E-state index in [4.69, 9.17) is 33.0 Å². The zero-order chi connectivity index (χ0) is 23.8. The maximum atomic E-state index is 12.4. The Morgan fingerprint density at radius 3 is 2.45 bits per heavy atom. The van der Waals surface area contributed by atoms with Crippen molar-refractivity contribution in [1.82, 2.24) is 15.2 Å². The summed E-state index contributed by atoms with van der Waals surface area (Å²) >= 11 is 12.0. The summed E-state index contributed by atoms with van der Waals surface area (Å²) in [5.74, 6) is 0.307. The molecule has 8 nitrogen and oxygen atoms in total. The Labute approximate surface area is 203 Å². The van der Waals surface area contributed by atoms with Crippen molar-refractivity contribution in [2.24, 2.45) is 10.1 Å². The Bertz CT molecular complexity index is 1060. The Morgan fingerprint density at radius 2 is 1.88 bits per heavy atom. The van der Waals surface area contributed by atoms with Gasteiger partial charge in [-0.25, -0.2) is 9.80 Å². The van der Waals surface area contributed by atoms with Gasteiger partial charge in [0, 0.05) is 28.7 Å². The molecular formula is C23H24Cl2N6O2. The average molecular weight is 487 g/mol. The van der Waals surface area contributed by atoms with Gasteiger partial charge in [0.2, 0.25) is 5.96 Å². The lowest BCUT2D eigenvalue weighted by Crippen LogP contribution is -2.48. The third kappa shape index (κ3) is 6.15. The lowest BCUT2D eigenvalue weighted by atomic mass is 10.0. The van der Waals surface area contributed by atoms with Crippen LogP contribution < -0.4 is 5.32 Å². The van der Waals surface area contributed by atoms with Crippen molar-refractivity contribution in [1.29, 1.82) is 5.26 Å². The topological polar surface area (TPSA) is 93.3 Å². The van der Waals surface area contributed by atoms with Crippen molar-refractivity contribution in [3.05, 3.63) is 69.7 Å². The fourth-order valence-electron chi connectivity index (χ4n) is 3.51. The fourth-order valence-corrected chi connectivity index (χ4v) is 3.76. The monoisotopic (exact) mass is 486 g/mol. The molecule has 1 amide bonds. The van der Waals surface area contributed by atoms with Gasteiger partial charge in [0.25, 0.3) is 0 Å². The molecule has 1 unspecified atom stereocenters. The molecule has 1 aliphatic heterocycles. The van der Waals surface area contributed by atoms with E-state index in [-0.39, 0.29) is 0 Å². The first-order valence-electron chi connectivity index (χ1n) is 10.4. The van der Waals surface area contributed by atoms with Crippen LogP contribution in [0.15, 0.2) is 58.6 Å². The molecule has 2 aromatic carbocycles. The zero-order valence-electron chi connectivity index (χ0n) is 18.3. The molecule has 1 atom stereocenters. The van der Waals surface area contributed by atoms with E-state index in [2.05, 4.69) is 10.3 Å². The summed E-state index contributed by atoms with van der Waals surface area (Å²) in [6, 6.07) is 14.4. The van der Waals surface area contributed by atoms with Crippen molar-refractivity contribution >= 4 is 41.0 Å². The molecule has 0 saturated heterocycles. The van der Waals surface area contributed by atoms with Crippen molar-refractivity contribution in [3.63, 3.8) is 0 Å². The minimum atomic E-state index is -0.458. The molecule has 0 spiro atoms. The largest absolute Gasteiger partial charge is 0.453 e. The van der Waals surface area contributed by atoms with E-state index in [1.54, 1.807) is 22.0 Å². The van der Waals surface area contributed by atoms with Crippen molar-refractivity contribution < 1.29 is 9.53 Å². The maximum absolute atomic E-state index is 12.4. The molecule has 1 heterocycles. The highest BCUT2D eigenvalue weighted by molar-refractivity contribution is 6.31. The molecule has 0 aliphatic carbocycles. The van der Waals surface area contributed by atoms with Gasteiger partial charge in [-0.15, -0.1) is 0 Å². The minimum Gasteiger partial charge on any atom is -0.453 e. The van der Waals surface area contributed by atoms with Crippen LogP contribution in [0.5, 0.6) is 0 Å². The number of aliphatic imine (C=N–C) groups is 1. The highest BCUT2D eigenvalue weighted by atomic mass is 35.5. The number of hydrogen-bond acceptors (Lipinski definition) is 5. The van der Waals surface area contributed by atoms with E-state index in [0.29, 0.717) is 47.8 Å². The number of nitrogens with zero attached hydrogens (tertiary/aromatic N) is 5. The first-order valence-corrected chi connectivity index (χ1v) is 11.1. The first-order chi connectivity index (χ1) is 16.0. The van der Waals surface area contributed by atoms with Gasteiger partial charge in [0.05, 0.1) is 25.4 Å². The number of nitrogens with one attached hydrogen (secondary N) is 1. The summed E-state index contributed by atoms with van der Waals surface area (Å²) in [6.07, 6.45) is 2.13. The van der Waals surface area contributed by atoms with Crippen LogP contribution >= 0.6 is 23.2 Å². The number of methoxy groups -OCH3 is 1. The Hall–Kier alpha value is -3.28. The van der Waals surface area contributed by atoms with Crippen LogP contribution in [0.1, 0.15) is 18.1 Å². The van der Waals surface area contributed by atoms with Crippen LogP contribution in [-0.4, -0.2) is 60.5 Å². The molecule has 0 saturated carbocycles. The minimum absolute atomic E-state index is 0.307. The molecule has 1 N–H and O–H groups in total. The number of amides is 1. The van der Waals surface area contributed by atoms with Gasteiger partial charge in [0.1, 0.15) is 0 Å². The number of hydrogen-bond donors (Lipinski definition) is 1. The maximum Gasteiger partial charge on any atom is 0.410 e. The van der Waals surface area contributed by atoms with Gasteiger partial charge in [-0.1, -0.05) is 47.5 Å². The summed E-state index contributed by atoms with van der Waals surface area (Å²) in [4.78, 5) is 18.6. The number of carbonyl (C=O) groups excluding carboxylic acids is 1. The van der Waals surface area contributed by atoms with Crippen LogP contribution in [0.2, 0.25) is 10.0 Å². The highest BCUT2D eigenvalue weighted by Gasteiger charge is 2.36. The Morgan fingerprint density at radius 1 is 1.24 bits per heavy atom. The van der Waals surface area contributed by atoms with Crippen LogP contribution in [0.4, 0.5) is 4.79 Å². The number of nitriles is 1. The summed E-state index contributed by atoms with van der Waals surface area (Å²) in [6.45, 7) is 3.04. The van der Waals surface area contributed by atoms with Gasteiger partial charge in [-0.2, -0.15) is 10.4 Å². The molecule has 0 aromatic heterocycles. The number of hydrazone groups is 1. The molecule has 0 bridgehead atoms. The molecule has 172 valence electrons. The number of halogens is 2. The molecule has 0 radical (unpaired) electrons. The van der Waals surface area contributed by atoms with Crippen LogP contribution in [0.3, 0.4) is 0 Å². The lowest BCUT2D eigenvalue weighted by Gasteiger charge is -2.27. The van der Waals surface area contributed by atoms with Gasteiger partial charge in [-0.3, -0.25) is 15.2 Å². The second-order valence-corrected chi connectivity index (χ2v) is 8.04. The van der Waals surface area contributed by atoms with Gasteiger partial charge in [0.15, 0.2) is 6.19 Å². The predicted octanol–water partition coefficient (Wildman–Crippen LogP) is 4.14. The molecule has 0 fully saturated rings. The predicted molar refractivity (Wildman–Crippen MR) is 129 cm³/mol. The van der Waals surface area contributed by atoms with E-state index < -0.39 is 12.1 Å². The number of likely N-dealkylation sites (N-methyl/N-ethyl adjacent to an activating group) is 1. The Balaban J connectivity index is 1.88. The summed E-state index contributed by atoms with van der Waals surface area (Å²) in [7, 11) is 1.34. The van der Waals surface area contributed by atoms with Crippen LogP contribution in [0.25, 0.3) is 0 Å². The highest BCUT2D eigenvalue weighted by Crippen LogP contribution is 2.22. The SMILES string of the molecule is CCN(C(=O)OC)C1CN(C(=NCCc2ccc(Cl)cc2)NC#N)N=C1c1ccc(Cl)cc1. The number of benzene rings is 2. The zero-order valence-corrected chi connectivity index (χ0v) is 19.8. The second kappa shape index (κ2) is 11.5. The standard InChI is InChI=1S/C23H24Cl2N6O2/c1-3-30(23(32)33-2)20-14-31(29-21(20)17-6-10-19(25)11-7-17)22(28-15-26)27-13-12-16-4-8-18(24)9-5-16/h4-11,20H,3,12-14H2,1-2H3,(H,27,28). The number of ether oxygens (including phenoxy) is 1. The first kappa shape index (κ1) is 24.4.